The highest BCUT2D eigenvalue weighted by molar-refractivity contribution is 5.73. The van der Waals surface area contributed by atoms with Crippen LogP contribution in [0.15, 0.2) is 0 Å². The highest BCUT2D eigenvalue weighted by Gasteiger charge is 2.44. The van der Waals surface area contributed by atoms with Crippen LogP contribution in [0.1, 0.15) is 38.5 Å². The zero-order valence-corrected chi connectivity index (χ0v) is 17.9. The van der Waals surface area contributed by atoms with E-state index in [1.807, 2.05) is 0 Å². The molecule has 4 aliphatic rings. The van der Waals surface area contributed by atoms with Crippen molar-refractivity contribution >= 4 is 5.97 Å². The first-order valence-corrected chi connectivity index (χ1v) is 11.3. The quantitative estimate of drug-likeness (QED) is 0.686. The molecule has 3 saturated heterocycles. The second-order valence-electron chi connectivity index (χ2n) is 8.76. The van der Waals surface area contributed by atoms with Gasteiger partial charge in [0, 0.05) is 45.6 Å². The fourth-order valence-electron chi connectivity index (χ4n) is 4.83. The van der Waals surface area contributed by atoms with E-state index in [0.717, 1.165) is 71.4 Å². The number of morpholine rings is 1. The van der Waals surface area contributed by atoms with Gasteiger partial charge in [-0.3, -0.25) is 4.90 Å². The molecule has 1 aliphatic carbocycles. The molecule has 0 bridgehead atoms. The molecule has 31 heavy (non-hydrogen) atoms. The Hall–Kier alpha value is -0.940. The van der Waals surface area contributed by atoms with Crippen LogP contribution in [-0.2, 0) is 23.7 Å². The van der Waals surface area contributed by atoms with Gasteiger partial charge in [0.25, 0.3) is 0 Å². The number of hydrogen-bond acceptors (Lipinski definition) is 6. The monoisotopic (exact) mass is 453 g/mol. The summed E-state index contributed by atoms with van der Waals surface area (Å²) in [4.78, 5) is 11.6. The normalized spacial score (nSPS) is 31.0. The van der Waals surface area contributed by atoms with E-state index in [1.165, 1.54) is 25.8 Å². The summed E-state index contributed by atoms with van der Waals surface area (Å²) < 4.78 is 55.2. The second kappa shape index (κ2) is 11.8. The predicted molar refractivity (Wildman–Crippen MR) is 105 cm³/mol. The minimum absolute atomic E-state index is 0.290. The van der Waals surface area contributed by atoms with Gasteiger partial charge >= 0.3 is 12.1 Å². The Bertz CT molecular complexity index is 552. The number of halogens is 3. The average molecular weight is 453 g/mol. The molecular weight excluding hydrogens is 419 g/mol. The van der Waals surface area contributed by atoms with Gasteiger partial charge in [-0.25, -0.2) is 4.79 Å². The molecular formula is C21H34F3NO6. The Morgan fingerprint density at radius 1 is 0.935 bits per heavy atom. The standard InChI is InChI=1S/C19H33NO4.C2HF3O2/c1-2-18(24-14-16-5-10-22-11-6-16)19-17(1)20(7-12-23-19)13-15-3-8-21-9-4-15;3-2(4,5)1(6)7/h15-19H,1-14H2;(H,6,7)/t17-,18+,19+;/m0./s1. The highest BCUT2D eigenvalue weighted by Crippen LogP contribution is 2.34. The number of hydrogen-bond donors (Lipinski definition) is 1. The van der Waals surface area contributed by atoms with Crippen LogP contribution in [0, 0.1) is 11.8 Å². The van der Waals surface area contributed by atoms with E-state index in [1.54, 1.807) is 0 Å². The third kappa shape index (κ3) is 7.56. The number of carboxylic acids is 1. The molecule has 0 unspecified atom stereocenters. The fourth-order valence-corrected chi connectivity index (χ4v) is 4.83. The topological polar surface area (TPSA) is 77.5 Å². The van der Waals surface area contributed by atoms with E-state index in [2.05, 4.69) is 4.90 Å². The lowest BCUT2D eigenvalue weighted by Crippen LogP contribution is -2.53. The maximum absolute atomic E-state index is 10.6. The van der Waals surface area contributed by atoms with E-state index in [4.69, 9.17) is 28.8 Å². The molecule has 3 aliphatic heterocycles. The van der Waals surface area contributed by atoms with Gasteiger partial charge in [-0.05, 0) is 50.4 Å². The number of ether oxygens (including phenoxy) is 4. The number of fused-ring (bicyclic) bond motifs is 1. The Kier molecular flexibility index (Phi) is 9.39. The number of carbonyl (C=O) groups is 1. The summed E-state index contributed by atoms with van der Waals surface area (Å²) >= 11 is 0. The van der Waals surface area contributed by atoms with Gasteiger partial charge < -0.3 is 24.1 Å². The summed E-state index contributed by atoms with van der Waals surface area (Å²) in [5, 5.41) is 7.12. The van der Waals surface area contributed by atoms with Crippen LogP contribution in [0.5, 0.6) is 0 Å². The molecule has 3 heterocycles. The first-order chi connectivity index (χ1) is 14.8. The summed E-state index contributed by atoms with van der Waals surface area (Å²) in [5.74, 6) is -1.27. The van der Waals surface area contributed by atoms with Crippen LogP contribution in [0.3, 0.4) is 0 Å². The number of alkyl halides is 3. The van der Waals surface area contributed by atoms with Gasteiger partial charge in [-0.15, -0.1) is 0 Å². The van der Waals surface area contributed by atoms with Crippen LogP contribution < -0.4 is 0 Å². The Morgan fingerprint density at radius 3 is 2.10 bits per heavy atom. The van der Waals surface area contributed by atoms with Crippen LogP contribution in [0.25, 0.3) is 0 Å². The molecule has 0 aromatic heterocycles. The van der Waals surface area contributed by atoms with Crippen molar-refractivity contribution in [2.75, 3.05) is 52.7 Å². The smallest absolute Gasteiger partial charge is 0.475 e. The zero-order valence-electron chi connectivity index (χ0n) is 17.9. The summed E-state index contributed by atoms with van der Waals surface area (Å²) in [5.41, 5.74) is 0. The fraction of sp³-hybridized carbons (Fsp3) is 0.952. The first kappa shape index (κ1) is 24.7. The Balaban J connectivity index is 0.000000339. The summed E-state index contributed by atoms with van der Waals surface area (Å²) in [6, 6.07) is 0.571. The van der Waals surface area contributed by atoms with Crippen molar-refractivity contribution in [3.8, 4) is 0 Å². The molecule has 4 rings (SSSR count). The van der Waals surface area contributed by atoms with Crippen LogP contribution >= 0.6 is 0 Å². The molecule has 0 aromatic carbocycles. The molecule has 3 atom stereocenters. The van der Waals surface area contributed by atoms with Gasteiger partial charge in [0.1, 0.15) is 0 Å². The van der Waals surface area contributed by atoms with E-state index in [-0.39, 0.29) is 0 Å². The number of rotatable bonds is 5. The van der Waals surface area contributed by atoms with Gasteiger partial charge in [0.15, 0.2) is 0 Å². The van der Waals surface area contributed by atoms with Crippen molar-refractivity contribution < 1.29 is 42.0 Å². The maximum Gasteiger partial charge on any atom is 0.490 e. The molecule has 0 spiro atoms. The summed E-state index contributed by atoms with van der Waals surface area (Å²) in [6.07, 6.45) is 2.63. The maximum atomic E-state index is 10.6. The minimum Gasteiger partial charge on any atom is -0.475 e. The largest absolute Gasteiger partial charge is 0.490 e. The van der Waals surface area contributed by atoms with Gasteiger partial charge in [0.2, 0.25) is 0 Å². The van der Waals surface area contributed by atoms with Crippen molar-refractivity contribution in [3.05, 3.63) is 0 Å². The molecule has 7 nitrogen and oxygen atoms in total. The first-order valence-electron chi connectivity index (χ1n) is 11.3. The molecule has 10 heteroatoms. The van der Waals surface area contributed by atoms with E-state index in [0.29, 0.717) is 24.2 Å². The van der Waals surface area contributed by atoms with Crippen molar-refractivity contribution in [2.45, 2.75) is 63.0 Å². The zero-order chi connectivity index (χ0) is 22.3. The molecule has 0 amide bonds. The van der Waals surface area contributed by atoms with Crippen molar-refractivity contribution in [2.24, 2.45) is 11.8 Å². The van der Waals surface area contributed by atoms with Gasteiger partial charge in [-0.2, -0.15) is 13.2 Å². The molecule has 180 valence electrons. The van der Waals surface area contributed by atoms with Gasteiger partial charge in [0.05, 0.1) is 25.4 Å². The van der Waals surface area contributed by atoms with E-state index < -0.39 is 12.1 Å². The molecule has 0 aromatic rings. The van der Waals surface area contributed by atoms with Gasteiger partial charge in [-0.1, -0.05) is 0 Å². The number of carboxylic acid groups (broad SMARTS) is 1. The lowest BCUT2D eigenvalue weighted by molar-refractivity contribution is -0.192. The minimum atomic E-state index is -5.08. The number of aliphatic carboxylic acids is 1. The summed E-state index contributed by atoms with van der Waals surface area (Å²) in [6.45, 7) is 7.76. The molecule has 0 radical (unpaired) electrons. The highest BCUT2D eigenvalue weighted by atomic mass is 19.4. The summed E-state index contributed by atoms with van der Waals surface area (Å²) in [7, 11) is 0. The third-order valence-corrected chi connectivity index (χ3v) is 6.61. The Morgan fingerprint density at radius 2 is 1.52 bits per heavy atom. The van der Waals surface area contributed by atoms with E-state index >= 15 is 0 Å². The second-order valence-corrected chi connectivity index (χ2v) is 8.76. The molecule has 1 N–H and O–H groups in total. The van der Waals surface area contributed by atoms with E-state index in [9.17, 15) is 13.2 Å². The predicted octanol–water partition coefficient (Wildman–Crippen LogP) is 2.72. The van der Waals surface area contributed by atoms with Crippen molar-refractivity contribution in [1.29, 1.82) is 0 Å². The van der Waals surface area contributed by atoms with Crippen molar-refractivity contribution in [1.82, 2.24) is 4.90 Å². The molecule has 1 saturated carbocycles. The lowest BCUT2D eigenvalue weighted by atomic mass is 9.98. The average Bonchev–Trinajstić information content (AvgIpc) is 3.18. The van der Waals surface area contributed by atoms with Crippen LogP contribution in [-0.4, -0.2) is 93.1 Å². The third-order valence-electron chi connectivity index (χ3n) is 6.61. The van der Waals surface area contributed by atoms with Crippen LogP contribution in [0.4, 0.5) is 13.2 Å². The van der Waals surface area contributed by atoms with Crippen molar-refractivity contribution in [3.63, 3.8) is 0 Å². The Labute approximate surface area is 181 Å². The SMILES string of the molecule is C1CC(CO[C@@H]2CC[C@H]3[C@H]2OCCN3CC2CCOCC2)CCO1.O=C(O)C(F)(F)F. The number of nitrogens with zero attached hydrogens (tertiary/aromatic N) is 1. The lowest BCUT2D eigenvalue weighted by Gasteiger charge is -2.41. The molecule has 4 fully saturated rings. The van der Waals surface area contributed by atoms with Crippen LogP contribution in [0.2, 0.25) is 0 Å².